The number of thioether (sulfide) groups is 1. The third-order valence-electron chi connectivity index (χ3n) is 5.45. The second-order valence-electron chi connectivity index (χ2n) is 7.91. The number of hydrogen-bond donors (Lipinski definition) is 1. The summed E-state index contributed by atoms with van der Waals surface area (Å²) in [5.74, 6) is 0.700. The molecule has 2 aromatic carbocycles. The van der Waals surface area contributed by atoms with Gasteiger partial charge in [0.2, 0.25) is 5.91 Å². The van der Waals surface area contributed by atoms with E-state index in [1.165, 1.54) is 17.3 Å². The first-order valence-electron chi connectivity index (χ1n) is 10.2. The zero-order valence-electron chi connectivity index (χ0n) is 18.6. The molecule has 2 aromatic heterocycles. The normalized spacial score (nSPS) is 12.3. The molecule has 0 aliphatic carbocycles. The molecular formula is C24H26N4O2S. The zero-order valence-corrected chi connectivity index (χ0v) is 19.4. The number of aromatic nitrogens is 3. The number of hydrogen-bond acceptors (Lipinski definition) is 5. The number of pyridine rings is 1. The lowest BCUT2D eigenvalue weighted by Gasteiger charge is -2.16. The van der Waals surface area contributed by atoms with Crippen LogP contribution in [0.15, 0.2) is 41.6 Å². The number of anilines is 1. The Balaban J connectivity index is 1.67. The van der Waals surface area contributed by atoms with Gasteiger partial charge in [0.25, 0.3) is 0 Å². The highest BCUT2D eigenvalue weighted by molar-refractivity contribution is 8.00. The third kappa shape index (κ3) is 3.97. The van der Waals surface area contributed by atoms with E-state index in [0.29, 0.717) is 5.16 Å². The molecule has 0 spiro atoms. The average molecular weight is 435 g/mol. The van der Waals surface area contributed by atoms with Crippen LogP contribution in [-0.2, 0) is 4.79 Å². The van der Waals surface area contributed by atoms with Gasteiger partial charge in [-0.3, -0.25) is 9.20 Å². The Labute approximate surface area is 186 Å². The van der Waals surface area contributed by atoms with Crippen LogP contribution in [-0.4, -0.2) is 32.9 Å². The van der Waals surface area contributed by atoms with Crippen LogP contribution < -0.4 is 10.1 Å². The van der Waals surface area contributed by atoms with E-state index >= 15 is 0 Å². The fraction of sp³-hybridized carbons (Fsp3) is 0.292. The minimum Gasteiger partial charge on any atom is -0.497 e. The quantitative estimate of drug-likeness (QED) is 0.435. The van der Waals surface area contributed by atoms with Crippen molar-refractivity contribution < 1.29 is 9.53 Å². The van der Waals surface area contributed by atoms with Crippen LogP contribution in [0, 0.1) is 27.7 Å². The van der Waals surface area contributed by atoms with E-state index < -0.39 is 0 Å². The van der Waals surface area contributed by atoms with E-state index in [2.05, 4.69) is 41.5 Å². The molecule has 7 heteroatoms. The summed E-state index contributed by atoms with van der Waals surface area (Å²) in [6.45, 7) is 10.0. The molecule has 2 heterocycles. The van der Waals surface area contributed by atoms with Gasteiger partial charge in [0, 0.05) is 17.1 Å². The largest absolute Gasteiger partial charge is 0.497 e. The smallest absolute Gasteiger partial charge is 0.237 e. The zero-order chi connectivity index (χ0) is 22.3. The van der Waals surface area contributed by atoms with Gasteiger partial charge >= 0.3 is 0 Å². The summed E-state index contributed by atoms with van der Waals surface area (Å²) in [5.41, 5.74) is 7.00. The predicted octanol–water partition coefficient (Wildman–Crippen LogP) is 5.24. The molecule has 160 valence electrons. The number of fused-ring (bicyclic) bond motifs is 3. The van der Waals surface area contributed by atoms with Crippen LogP contribution in [0.25, 0.3) is 16.6 Å². The Morgan fingerprint density at radius 2 is 1.74 bits per heavy atom. The Hall–Kier alpha value is -3.06. The minimum atomic E-state index is -0.352. The van der Waals surface area contributed by atoms with Crippen molar-refractivity contribution in [3.05, 3.63) is 58.7 Å². The monoisotopic (exact) mass is 434 g/mol. The highest BCUT2D eigenvalue weighted by atomic mass is 32.2. The van der Waals surface area contributed by atoms with E-state index in [-0.39, 0.29) is 11.2 Å². The summed E-state index contributed by atoms with van der Waals surface area (Å²) < 4.78 is 7.41. The van der Waals surface area contributed by atoms with Crippen LogP contribution >= 0.6 is 11.8 Å². The number of carbonyl (C=O) groups is 1. The Morgan fingerprint density at radius 3 is 2.42 bits per heavy atom. The lowest BCUT2D eigenvalue weighted by molar-refractivity contribution is -0.115. The molecule has 1 unspecified atom stereocenters. The van der Waals surface area contributed by atoms with Gasteiger partial charge in [-0.2, -0.15) is 0 Å². The Kier molecular flexibility index (Phi) is 5.62. The summed E-state index contributed by atoms with van der Waals surface area (Å²) in [4.78, 5) is 13.0. The van der Waals surface area contributed by atoms with Crippen LogP contribution in [0.1, 0.15) is 29.2 Å². The maximum absolute atomic E-state index is 13.0. The number of carbonyl (C=O) groups excluding carboxylic acids is 1. The second-order valence-corrected chi connectivity index (χ2v) is 9.22. The van der Waals surface area contributed by atoms with Gasteiger partial charge in [0.05, 0.1) is 17.9 Å². The molecule has 1 N–H and O–H groups in total. The average Bonchev–Trinajstić information content (AvgIpc) is 3.12. The van der Waals surface area contributed by atoms with Gasteiger partial charge in [-0.15, -0.1) is 10.2 Å². The number of rotatable bonds is 5. The molecule has 0 bridgehead atoms. The van der Waals surface area contributed by atoms with Gasteiger partial charge in [-0.25, -0.2) is 0 Å². The molecule has 4 aromatic rings. The number of nitrogens with zero attached hydrogens (tertiary/aromatic N) is 3. The molecule has 4 rings (SSSR count). The molecule has 0 saturated heterocycles. The molecule has 1 amide bonds. The maximum Gasteiger partial charge on any atom is 0.237 e. The summed E-state index contributed by atoms with van der Waals surface area (Å²) in [5, 5.41) is 13.2. The molecule has 6 nitrogen and oxygen atoms in total. The standard InChI is InChI=1S/C24H26N4O2S/c1-13-9-15(3)22(16(4)10-13)25-23(29)17(5)31-24-27-26-21-11-14(2)19-8-7-18(30-6)12-20(19)28(21)24/h7-12,17H,1-6H3,(H,25,29). The Morgan fingerprint density at radius 1 is 1.03 bits per heavy atom. The molecule has 0 radical (unpaired) electrons. The first-order valence-corrected chi connectivity index (χ1v) is 11.0. The molecule has 0 aliphatic rings. The maximum atomic E-state index is 13.0. The highest BCUT2D eigenvalue weighted by Gasteiger charge is 2.21. The van der Waals surface area contributed by atoms with E-state index in [1.807, 2.05) is 49.4 Å². The minimum absolute atomic E-state index is 0.0641. The Bertz CT molecular complexity index is 1290. The lowest BCUT2D eigenvalue weighted by Crippen LogP contribution is -2.23. The summed E-state index contributed by atoms with van der Waals surface area (Å²) >= 11 is 1.39. The van der Waals surface area contributed by atoms with Gasteiger partial charge < -0.3 is 10.1 Å². The molecule has 0 aliphatic heterocycles. The number of ether oxygens (including phenoxy) is 1. The van der Waals surface area contributed by atoms with E-state index in [9.17, 15) is 4.79 Å². The van der Waals surface area contributed by atoms with Gasteiger partial charge in [0.1, 0.15) is 5.75 Å². The molecule has 0 saturated carbocycles. The highest BCUT2D eigenvalue weighted by Crippen LogP contribution is 2.31. The van der Waals surface area contributed by atoms with E-state index in [1.54, 1.807) is 7.11 Å². The van der Waals surface area contributed by atoms with E-state index in [0.717, 1.165) is 44.7 Å². The molecule has 0 fully saturated rings. The van der Waals surface area contributed by atoms with Crippen molar-refractivity contribution in [2.45, 2.75) is 45.0 Å². The first kappa shape index (κ1) is 21.2. The van der Waals surface area contributed by atoms with Crippen LogP contribution in [0.4, 0.5) is 5.69 Å². The number of amides is 1. The summed E-state index contributed by atoms with van der Waals surface area (Å²) in [7, 11) is 1.65. The van der Waals surface area contributed by atoms with Gasteiger partial charge in [0.15, 0.2) is 10.8 Å². The van der Waals surface area contributed by atoms with Gasteiger partial charge in [-0.05, 0) is 69.5 Å². The number of methoxy groups -OCH3 is 1. The van der Waals surface area contributed by atoms with Crippen molar-refractivity contribution >= 4 is 39.9 Å². The summed E-state index contributed by atoms with van der Waals surface area (Å²) in [6, 6.07) is 12.1. The second kappa shape index (κ2) is 8.23. The van der Waals surface area contributed by atoms with Crippen LogP contribution in [0.3, 0.4) is 0 Å². The fourth-order valence-electron chi connectivity index (χ4n) is 3.92. The van der Waals surface area contributed by atoms with Crippen LogP contribution in [0.2, 0.25) is 0 Å². The first-order chi connectivity index (χ1) is 14.8. The lowest BCUT2D eigenvalue weighted by atomic mass is 10.1. The topological polar surface area (TPSA) is 68.5 Å². The molecular weight excluding hydrogens is 408 g/mol. The van der Waals surface area contributed by atoms with Crippen molar-refractivity contribution in [2.24, 2.45) is 0 Å². The van der Waals surface area contributed by atoms with Crippen molar-refractivity contribution in [3.63, 3.8) is 0 Å². The van der Waals surface area contributed by atoms with Crippen molar-refractivity contribution in [1.82, 2.24) is 14.6 Å². The van der Waals surface area contributed by atoms with Crippen LogP contribution in [0.5, 0.6) is 5.75 Å². The number of aryl methyl sites for hydroxylation is 4. The number of benzene rings is 2. The fourth-order valence-corrected chi connectivity index (χ4v) is 4.79. The van der Waals surface area contributed by atoms with Crippen molar-refractivity contribution in [3.8, 4) is 5.75 Å². The third-order valence-corrected chi connectivity index (χ3v) is 6.49. The van der Waals surface area contributed by atoms with Crippen molar-refractivity contribution in [1.29, 1.82) is 0 Å². The molecule has 31 heavy (non-hydrogen) atoms. The summed E-state index contributed by atoms with van der Waals surface area (Å²) in [6.07, 6.45) is 0. The van der Waals surface area contributed by atoms with E-state index in [4.69, 9.17) is 4.74 Å². The predicted molar refractivity (Wildman–Crippen MR) is 126 cm³/mol. The van der Waals surface area contributed by atoms with Crippen molar-refractivity contribution in [2.75, 3.05) is 12.4 Å². The SMILES string of the molecule is COc1ccc2c(C)cc3nnc(SC(C)C(=O)Nc4c(C)cc(C)cc4C)n3c2c1. The van der Waals surface area contributed by atoms with Gasteiger partial charge in [-0.1, -0.05) is 29.5 Å². The number of nitrogens with one attached hydrogen (secondary N) is 1. The molecule has 1 atom stereocenters.